The van der Waals surface area contributed by atoms with Crippen molar-refractivity contribution < 1.29 is 8.78 Å². The second-order valence-corrected chi connectivity index (χ2v) is 3.85. The highest BCUT2D eigenvalue weighted by Crippen LogP contribution is 2.22. The minimum Gasteiger partial charge on any atom is -0.378 e. The maximum atomic E-state index is 13.1. The molecule has 0 saturated carbocycles. The van der Waals surface area contributed by atoms with Gasteiger partial charge in [-0.05, 0) is 11.8 Å². The normalized spacial score (nSPS) is 10.4. The molecule has 1 aromatic carbocycles. The highest BCUT2D eigenvalue weighted by Gasteiger charge is 1.99. The lowest BCUT2D eigenvalue weighted by Gasteiger charge is -2.16. The Morgan fingerprint density at radius 3 is 2.59 bits per heavy atom. The van der Waals surface area contributed by atoms with Gasteiger partial charge in [-0.3, -0.25) is 0 Å². The van der Waals surface area contributed by atoms with E-state index in [0.29, 0.717) is 11.3 Å². The van der Waals surface area contributed by atoms with Crippen LogP contribution in [0.3, 0.4) is 0 Å². The predicted molar refractivity (Wildman–Crippen MR) is 62.8 cm³/mol. The molecule has 0 unspecified atom stereocenters. The summed E-state index contributed by atoms with van der Waals surface area (Å²) in [4.78, 5) is 5.97. The molecule has 2 aromatic rings. The van der Waals surface area contributed by atoms with Gasteiger partial charge in [0.1, 0.15) is 0 Å². The van der Waals surface area contributed by atoms with E-state index in [-0.39, 0.29) is 0 Å². The second kappa shape index (κ2) is 4.49. The van der Waals surface area contributed by atoms with E-state index in [0.717, 1.165) is 11.8 Å². The van der Waals surface area contributed by atoms with Gasteiger partial charge in [0, 0.05) is 37.6 Å². The van der Waals surface area contributed by atoms with Gasteiger partial charge in [0.2, 0.25) is 0 Å². The Morgan fingerprint density at radius 1 is 1.18 bits per heavy atom. The lowest BCUT2D eigenvalue weighted by atomic mass is 10.1. The zero-order valence-electron chi connectivity index (χ0n) is 9.54. The molecule has 0 spiro atoms. The molecule has 4 heteroatoms. The van der Waals surface area contributed by atoms with E-state index in [9.17, 15) is 8.78 Å². The summed E-state index contributed by atoms with van der Waals surface area (Å²) in [6, 6.07) is 8.02. The Bertz CT molecular complexity index is 518. The summed E-state index contributed by atoms with van der Waals surface area (Å²) in [5.41, 5.74) is 1.72. The average molecular weight is 233 g/mol. The number of hydrogen-bond acceptors (Lipinski definition) is 2. The number of anilines is 1. The van der Waals surface area contributed by atoms with E-state index in [1.165, 1.54) is 6.07 Å². The molecule has 1 heterocycles. The van der Waals surface area contributed by atoms with Crippen molar-refractivity contribution in [3.63, 3.8) is 0 Å². The van der Waals surface area contributed by atoms with Crippen molar-refractivity contribution in [3.05, 3.63) is 48.2 Å². The summed E-state index contributed by atoms with van der Waals surface area (Å²) in [5.74, 6) is -1.36. The molecule has 17 heavy (non-hydrogen) atoms. The number of halogens is 2. The molecule has 2 rings (SSSR count). The Balaban J connectivity index is 2.49. The van der Waals surface area contributed by atoms with Crippen LogP contribution in [0.2, 0.25) is 0 Å². The van der Waals surface area contributed by atoms with Gasteiger partial charge in [-0.1, -0.05) is 12.1 Å². The van der Waals surface area contributed by atoms with Gasteiger partial charge in [0.25, 0.3) is 0 Å². The first-order valence-electron chi connectivity index (χ1n) is 5.08. The van der Waals surface area contributed by atoms with Gasteiger partial charge >= 0.3 is 0 Å². The molecule has 0 saturated heterocycles. The van der Waals surface area contributed by atoms with E-state index in [1.54, 1.807) is 12.3 Å². The Morgan fingerprint density at radius 2 is 1.94 bits per heavy atom. The van der Waals surface area contributed by atoms with Crippen molar-refractivity contribution in [3.8, 4) is 11.3 Å². The third-order valence-corrected chi connectivity index (χ3v) is 2.34. The fourth-order valence-corrected chi connectivity index (χ4v) is 1.48. The van der Waals surface area contributed by atoms with Gasteiger partial charge in [0.15, 0.2) is 0 Å². The number of aromatic nitrogens is 1. The first kappa shape index (κ1) is 11.5. The van der Waals surface area contributed by atoms with E-state index in [4.69, 9.17) is 0 Å². The lowest BCUT2D eigenvalue weighted by Crippen LogP contribution is -2.08. The smallest absolute Gasteiger partial charge is 0.0446 e. The van der Waals surface area contributed by atoms with Crippen LogP contribution in [0.4, 0.5) is 14.5 Å². The van der Waals surface area contributed by atoms with E-state index in [2.05, 4.69) is 11.1 Å². The van der Waals surface area contributed by atoms with Crippen LogP contribution in [0.25, 0.3) is 11.3 Å². The number of benzene rings is 1. The Kier molecular flexibility index (Phi) is 3.04. The third-order valence-electron chi connectivity index (χ3n) is 2.34. The first-order chi connectivity index (χ1) is 8.06. The number of pyridine rings is 1. The van der Waals surface area contributed by atoms with Crippen LogP contribution >= 0.6 is 0 Å². The van der Waals surface area contributed by atoms with Gasteiger partial charge in [-0.25, -0.2) is 8.78 Å². The molecule has 0 radical (unpaired) electrons. The largest absolute Gasteiger partial charge is 0.378 e. The maximum Gasteiger partial charge on any atom is 0.0446 e. The van der Waals surface area contributed by atoms with Crippen molar-refractivity contribution in [2.45, 2.75) is 0 Å². The molecular formula is C13H11F2N2-. The van der Waals surface area contributed by atoms with Gasteiger partial charge in [-0.2, -0.15) is 0 Å². The van der Waals surface area contributed by atoms with E-state index >= 15 is 0 Å². The fourth-order valence-electron chi connectivity index (χ4n) is 1.48. The second-order valence-electron chi connectivity index (χ2n) is 3.85. The minimum atomic E-state index is -0.725. The van der Waals surface area contributed by atoms with Crippen LogP contribution in [0.1, 0.15) is 0 Å². The van der Waals surface area contributed by atoms with Crippen molar-refractivity contribution in [1.29, 1.82) is 0 Å². The first-order valence-corrected chi connectivity index (χ1v) is 5.08. The van der Waals surface area contributed by atoms with Crippen LogP contribution in [0, 0.1) is 17.7 Å². The number of rotatable bonds is 2. The molecule has 0 amide bonds. The predicted octanol–water partition coefficient (Wildman–Crippen LogP) is 2.89. The van der Waals surface area contributed by atoms with Crippen molar-refractivity contribution in [2.75, 3.05) is 19.0 Å². The van der Waals surface area contributed by atoms with Gasteiger partial charge < -0.3 is 9.88 Å². The van der Waals surface area contributed by atoms with Crippen LogP contribution in [-0.4, -0.2) is 19.1 Å². The maximum absolute atomic E-state index is 13.1. The summed E-state index contributed by atoms with van der Waals surface area (Å²) in [7, 11) is 3.77. The molecule has 1 aromatic heterocycles. The summed E-state index contributed by atoms with van der Waals surface area (Å²) in [6.45, 7) is 0. The van der Waals surface area contributed by atoms with Crippen LogP contribution in [0.5, 0.6) is 0 Å². The van der Waals surface area contributed by atoms with Crippen molar-refractivity contribution in [2.24, 2.45) is 0 Å². The molecule has 0 fully saturated rings. The summed E-state index contributed by atoms with van der Waals surface area (Å²) in [6.07, 6.45) is 1.60. The molecule has 2 nitrogen and oxygen atoms in total. The van der Waals surface area contributed by atoms with Crippen molar-refractivity contribution in [1.82, 2.24) is 4.98 Å². The van der Waals surface area contributed by atoms with Crippen LogP contribution in [-0.2, 0) is 0 Å². The Labute approximate surface area is 98.5 Å². The molecule has 0 aliphatic carbocycles. The third kappa shape index (κ3) is 2.58. The fraction of sp³-hybridized carbons (Fsp3) is 0.154. The SMILES string of the molecule is CN(C)c1ccnc(-c2[c-]c(F)cc(F)c2)c1. The topological polar surface area (TPSA) is 16.1 Å². The van der Waals surface area contributed by atoms with Gasteiger partial charge in [0.05, 0.1) is 0 Å². The molecule has 0 aliphatic heterocycles. The zero-order chi connectivity index (χ0) is 12.4. The monoisotopic (exact) mass is 233 g/mol. The summed E-state index contributed by atoms with van der Waals surface area (Å²) in [5, 5.41) is 0. The molecule has 0 N–H and O–H groups in total. The average Bonchev–Trinajstić information content (AvgIpc) is 2.28. The molecule has 0 bridgehead atoms. The highest BCUT2D eigenvalue weighted by molar-refractivity contribution is 5.63. The standard InChI is InChI=1S/C13H11F2N2/c1-17(2)12-3-4-16-13(8-12)9-5-10(14)7-11(15)6-9/h3-5,7-8H,1-2H3/q-1. The van der Waals surface area contributed by atoms with E-state index in [1.807, 2.05) is 25.1 Å². The Hall–Kier alpha value is -1.97. The zero-order valence-corrected chi connectivity index (χ0v) is 9.54. The quantitative estimate of drug-likeness (QED) is 0.741. The molecule has 88 valence electrons. The van der Waals surface area contributed by atoms with Crippen LogP contribution < -0.4 is 4.90 Å². The molecule has 0 atom stereocenters. The summed E-state index contributed by atoms with van der Waals surface area (Å²) < 4.78 is 26.1. The van der Waals surface area contributed by atoms with Crippen molar-refractivity contribution >= 4 is 5.69 Å². The highest BCUT2D eigenvalue weighted by atomic mass is 19.1. The van der Waals surface area contributed by atoms with Gasteiger partial charge in [-0.15, -0.1) is 17.7 Å². The molecular weight excluding hydrogens is 222 g/mol. The van der Waals surface area contributed by atoms with E-state index < -0.39 is 11.6 Å². The molecule has 0 aliphatic rings. The lowest BCUT2D eigenvalue weighted by molar-refractivity contribution is 0.582. The number of hydrogen-bond donors (Lipinski definition) is 0. The summed E-state index contributed by atoms with van der Waals surface area (Å²) >= 11 is 0. The number of nitrogens with zero attached hydrogens (tertiary/aromatic N) is 2. The van der Waals surface area contributed by atoms with Crippen LogP contribution in [0.15, 0.2) is 30.5 Å². The minimum absolute atomic E-state index is 0.311.